The maximum absolute atomic E-state index is 13.1. The monoisotopic (exact) mass is 433 g/mol. The number of rotatable bonds is 5. The third-order valence-electron chi connectivity index (χ3n) is 5.64. The van der Waals surface area contributed by atoms with Gasteiger partial charge in [-0.2, -0.15) is 9.57 Å². The van der Waals surface area contributed by atoms with Gasteiger partial charge in [-0.1, -0.05) is 18.2 Å². The number of hydrogen-bond acceptors (Lipinski definition) is 6. The number of nitriles is 1. The van der Waals surface area contributed by atoms with E-state index in [1.165, 1.54) is 28.6 Å². The lowest BCUT2D eigenvalue weighted by molar-refractivity contribution is 0.126. The fraction of sp³-hybridized carbons (Fsp3) is 0.261. The van der Waals surface area contributed by atoms with Gasteiger partial charge in [0.05, 0.1) is 22.0 Å². The molecule has 1 aromatic heterocycles. The highest BCUT2D eigenvalue weighted by Crippen LogP contribution is 2.30. The fourth-order valence-corrected chi connectivity index (χ4v) is 5.71. The number of carbonyl (C=O) groups excluding carboxylic acids is 1. The van der Waals surface area contributed by atoms with Crippen LogP contribution in [-0.2, 0) is 14.8 Å². The lowest BCUT2D eigenvalue weighted by Crippen LogP contribution is -2.54. The van der Waals surface area contributed by atoms with Crippen LogP contribution in [0.1, 0.15) is 24.1 Å². The Hall–Kier alpha value is -3.12. The molecule has 1 saturated heterocycles. The maximum atomic E-state index is 13.1. The van der Waals surface area contributed by atoms with Crippen molar-refractivity contribution in [2.75, 3.05) is 19.6 Å². The minimum atomic E-state index is -3.70. The zero-order chi connectivity index (χ0) is 22.0. The van der Waals surface area contributed by atoms with E-state index in [9.17, 15) is 13.2 Å². The highest BCUT2D eigenvalue weighted by Gasteiger charge is 2.36. The van der Waals surface area contributed by atoms with Gasteiger partial charge in [0.15, 0.2) is 0 Å². The molecule has 0 saturated carbocycles. The molecule has 31 heavy (non-hydrogen) atoms. The largest absolute Gasteiger partial charge is 0.289 e. The molecule has 3 aromatic rings. The summed E-state index contributed by atoms with van der Waals surface area (Å²) in [6.45, 7) is 2.88. The van der Waals surface area contributed by atoms with Crippen LogP contribution >= 0.6 is 0 Å². The number of pyridine rings is 1. The number of hydrogen-bond donors (Lipinski definition) is 0. The Bertz CT molecular complexity index is 1250. The van der Waals surface area contributed by atoms with Gasteiger partial charge in [-0.3, -0.25) is 14.7 Å². The molecule has 2 heterocycles. The van der Waals surface area contributed by atoms with Crippen molar-refractivity contribution in [3.63, 3.8) is 0 Å². The predicted octanol–water partition coefficient (Wildman–Crippen LogP) is 2.65. The van der Waals surface area contributed by atoms with Crippen molar-refractivity contribution < 1.29 is 13.2 Å². The predicted molar refractivity (Wildman–Crippen MR) is 116 cm³/mol. The van der Waals surface area contributed by atoms with E-state index in [0.717, 1.165) is 16.5 Å². The third kappa shape index (κ3) is 3.95. The molecule has 4 rings (SSSR count). The molecule has 1 unspecified atom stereocenters. The summed E-state index contributed by atoms with van der Waals surface area (Å²) in [5, 5.41) is 9.82. The second kappa shape index (κ2) is 8.55. The summed E-state index contributed by atoms with van der Waals surface area (Å²) in [6, 6.07) is 16.4. The van der Waals surface area contributed by atoms with E-state index in [2.05, 4.69) is 11.3 Å². The van der Waals surface area contributed by atoms with Gasteiger partial charge in [0.2, 0.25) is 16.3 Å². The van der Waals surface area contributed by atoms with Gasteiger partial charge in [-0.15, -0.1) is 0 Å². The average molecular weight is 434 g/mol. The Labute approximate surface area is 181 Å². The average Bonchev–Trinajstić information content (AvgIpc) is 2.79. The van der Waals surface area contributed by atoms with Crippen LogP contribution in [0.25, 0.3) is 10.9 Å². The molecule has 0 N–H and O–H groups in total. The van der Waals surface area contributed by atoms with Crippen molar-refractivity contribution >= 4 is 27.2 Å². The van der Waals surface area contributed by atoms with Crippen LogP contribution in [0.15, 0.2) is 65.7 Å². The zero-order valence-corrected chi connectivity index (χ0v) is 17.8. The van der Waals surface area contributed by atoms with Gasteiger partial charge in [0.1, 0.15) is 6.04 Å². The number of aromatic nitrogens is 1. The van der Waals surface area contributed by atoms with Crippen molar-refractivity contribution in [1.29, 1.82) is 5.26 Å². The quantitative estimate of drug-likeness (QED) is 0.614. The normalized spacial score (nSPS) is 19.0. The van der Waals surface area contributed by atoms with Gasteiger partial charge in [0, 0.05) is 37.3 Å². The molecule has 8 heteroatoms. The van der Waals surface area contributed by atoms with Crippen LogP contribution in [0.3, 0.4) is 0 Å². The summed E-state index contributed by atoms with van der Waals surface area (Å²) in [5.41, 5.74) is 2.03. The molecule has 1 fully saturated rings. The molecule has 2 atom stereocenters. The van der Waals surface area contributed by atoms with E-state index in [1.54, 1.807) is 6.20 Å². The standard InChI is InChI=1S/C23H21N4O3S/c1-17-15-26(23(16-28)21-4-2-6-22-20(21)5-3-11-25-22)12-13-27(17)31(29,30)19-9-7-18(14-24)8-10-19/h2-11,17,23H,12-13,15H2,1H3/t17-,23?/m1/s1. The Morgan fingerprint density at radius 1 is 1.10 bits per heavy atom. The number of sulfonamides is 1. The van der Waals surface area contributed by atoms with Crippen molar-refractivity contribution in [2.45, 2.75) is 23.9 Å². The number of benzene rings is 2. The molecule has 0 aliphatic carbocycles. The van der Waals surface area contributed by atoms with Gasteiger partial charge in [-0.25, -0.2) is 8.42 Å². The maximum Gasteiger partial charge on any atom is 0.243 e. The van der Waals surface area contributed by atoms with Crippen molar-refractivity contribution in [3.8, 4) is 6.07 Å². The lowest BCUT2D eigenvalue weighted by Gasteiger charge is -2.41. The Morgan fingerprint density at radius 2 is 1.87 bits per heavy atom. The summed E-state index contributed by atoms with van der Waals surface area (Å²) in [6.07, 6.45) is 3.86. The fourth-order valence-electron chi connectivity index (χ4n) is 4.10. The first-order valence-electron chi connectivity index (χ1n) is 9.93. The second-order valence-corrected chi connectivity index (χ2v) is 9.42. The highest BCUT2D eigenvalue weighted by molar-refractivity contribution is 7.89. The Morgan fingerprint density at radius 3 is 2.55 bits per heavy atom. The van der Waals surface area contributed by atoms with Crippen LogP contribution in [0.2, 0.25) is 0 Å². The molecule has 7 nitrogen and oxygen atoms in total. The van der Waals surface area contributed by atoms with Crippen LogP contribution in [0, 0.1) is 11.3 Å². The van der Waals surface area contributed by atoms with E-state index < -0.39 is 16.1 Å². The molecule has 1 aliphatic heterocycles. The van der Waals surface area contributed by atoms with Crippen molar-refractivity contribution in [2.24, 2.45) is 0 Å². The van der Waals surface area contributed by atoms with Crippen LogP contribution in [-0.4, -0.2) is 54.6 Å². The van der Waals surface area contributed by atoms with Crippen molar-refractivity contribution in [1.82, 2.24) is 14.2 Å². The lowest BCUT2D eigenvalue weighted by atomic mass is 10.00. The molecule has 1 aliphatic rings. The smallest absolute Gasteiger partial charge is 0.243 e. The van der Waals surface area contributed by atoms with E-state index in [1.807, 2.05) is 48.2 Å². The first-order chi connectivity index (χ1) is 15.0. The Balaban J connectivity index is 1.58. The minimum absolute atomic E-state index is 0.158. The van der Waals surface area contributed by atoms with Crippen LogP contribution in [0.4, 0.5) is 0 Å². The molecule has 0 spiro atoms. The van der Waals surface area contributed by atoms with E-state index in [0.29, 0.717) is 18.7 Å². The molecule has 2 aromatic carbocycles. The number of piperazine rings is 1. The van der Waals surface area contributed by atoms with Gasteiger partial charge >= 0.3 is 0 Å². The number of nitrogens with zero attached hydrogens (tertiary/aromatic N) is 4. The van der Waals surface area contributed by atoms with E-state index in [-0.39, 0.29) is 17.5 Å². The van der Waals surface area contributed by atoms with E-state index in [4.69, 9.17) is 5.26 Å². The highest BCUT2D eigenvalue weighted by atomic mass is 32.2. The summed E-state index contributed by atoms with van der Waals surface area (Å²) in [7, 11) is -3.70. The van der Waals surface area contributed by atoms with Crippen molar-refractivity contribution in [3.05, 3.63) is 71.9 Å². The third-order valence-corrected chi connectivity index (χ3v) is 7.67. The molecular weight excluding hydrogens is 412 g/mol. The second-order valence-electron chi connectivity index (χ2n) is 7.53. The topological polar surface area (TPSA) is 94.4 Å². The zero-order valence-electron chi connectivity index (χ0n) is 17.0. The molecule has 0 bridgehead atoms. The first kappa shape index (κ1) is 21.1. The van der Waals surface area contributed by atoms with Gasteiger partial charge < -0.3 is 0 Å². The van der Waals surface area contributed by atoms with Crippen LogP contribution in [0.5, 0.6) is 0 Å². The van der Waals surface area contributed by atoms with Crippen LogP contribution < -0.4 is 0 Å². The molecule has 157 valence electrons. The minimum Gasteiger partial charge on any atom is -0.289 e. The Kier molecular flexibility index (Phi) is 5.83. The van der Waals surface area contributed by atoms with E-state index >= 15 is 0 Å². The summed E-state index contributed by atoms with van der Waals surface area (Å²) >= 11 is 0. The first-order valence-corrected chi connectivity index (χ1v) is 11.4. The molecule has 0 amide bonds. The van der Waals surface area contributed by atoms with Gasteiger partial charge in [0.25, 0.3) is 0 Å². The SMILES string of the molecule is C[C@@H]1CN(C([C]=O)c2cccc3ncccc23)CCN1S(=O)(=O)c1ccc(C#N)cc1. The summed E-state index contributed by atoms with van der Waals surface area (Å²) in [5.74, 6) is 0. The number of fused-ring (bicyclic) bond motifs is 1. The summed E-state index contributed by atoms with van der Waals surface area (Å²) in [4.78, 5) is 18.4. The molecular formula is C23H21N4O3S. The molecule has 1 radical (unpaired) electrons. The van der Waals surface area contributed by atoms with Gasteiger partial charge in [-0.05, 0) is 48.9 Å². The summed E-state index contributed by atoms with van der Waals surface area (Å²) < 4.78 is 27.7.